The quantitative estimate of drug-likeness (QED) is 0.759. The topological polar surface area (TPSA) is 77.0 Å². The first-order valence-electron chi connectivity index (χ1n) is 7.65. The van der Waals surface area contributed by atoms with Crippen LogP contribution in [-0.2, 0) is 0 Å². The molecule has 112 valence electrons. The normalized spacial score (nSPS) is 15.6. The summed E-state index contributed by atoms with van der Waals surface area (Å²) in [6.45, 7) is 0. The van der Waals surface area contributed by atoms with Crippen molar-refractivity contribution in [2.45, 2.75) is 31.6 Å². The van der Waals surface area contributed by atoms with Crippen LogP contribution in [0.4, 0.5) is 5.82 Å². The van der Waals surface area contributed by atoms with Gasteiger partial charge in [-0.2, -0.15) is 0 Å². The molecule has 0 spiro atoms. The van der Waals surface area contributed by atoms with Crippen molar-refractivity contribution >= 4 is 16.9 Å². The van der Waals surface area contributed by atoms with Gasteiger partial charge in [-0.1, -0.05) is 12.8 Å². The number of nitrogens with two attached hydrogens (primary N) is 1. The molecule has 1 aliphatic rings. The van der Waals surface area contributed by atoms with E-state index in [0.29, 0.717) is 11.7 Å². The number of anilines is 1. The van der Waals surface area contributed by atoms with E-state index in [1.807, 2.05) is 16.7 Å². The maximum absolute atomic E-state index is 9.49. The van der Waals surface area contributed by atoms with Crippen LogP contribution < -0.4 is 5.73 Å². The number of aromatic hydroxyl groups is 1. The van der Waals surface area contributed by atoms with Crippen LogP contribution in [0, 0.1) is 0 Å². The molecule has 22 heavy (non-hydrogen) atoms. The van der Waals surface area contributed by atoms with Crippen molar-refractivity contribution in [3.8, 4) is 11.4 Å². The minimum absolute atomic E-state index is 0.250. The average Bonchev–Trinajstić information content (AvgIpc) is 3.15. The molecular formula is C17H18N4O. The Morgan fingerprint density at radius 2 is 1.82 bits per heavy atom. The maximum Gasteiger partial charge on any atom is 0.151 e. The minimum atomic E-state index is 0.250. The molecule has 3 N–H and O–H groups in total. The molecule has 0 amide bonds. The molecule has 4 rings (SSSR count). The number of benzene rings is 1. The van der Waals surface area contributed by atoms with Gasteiger partial charge in [0, 0.05) is 11.9 Å². The summed E-state index contributed by atoms with van der Waals surface area (Å²) in [6, 6.07) is 7.10. The van der Waals surface area contributed by atoms with Gasteiger partial charge in [0.25, 0.3) is 0 Å². The Hall–Kier alpha value is -2.56. The highest BCUT2D eigenvalue weighted by molar-refractivity contribution is 5.90. The van der Waals surface area contributed by atoms with Crippen molar-refractivity contribution in [1.29, 1.82) is 0 Å². The molecule has 0 saturated heterocycles. The molecular weight excluding hydrogens is 276 g/mol. The molecule has 1 fully saturated rings. The van der Waals surface area contributed by atoms with Gasteiger partial charge in [0.2, 0.25) is 0 Å². The number of fused-ring (bicyclic) bond motifs is 1. The third-order valence-corrected chi connectivity index (χ3v) is 4.56. The molecule has 2 aromatic heterocycles. The fraction of sp³-hybridized carbons (Fsp3) is 0.294. The number of hydrogen-bond acceptors (Lipinski definition) is 4. The largest absolute Gasteiger partial charge is 0.508 e. The lowest BCUT2D eigenvalue weighted by Crippen LogP contribution is -1.98. The summed E-state index contributed by atoms with van der Waals surface area (Å²) in [6.07, 6.45) is 8.64. The molecule has 2 heterocycles. The highest BCUT2D eigenvalue weighted by atomic mass is 16.3. The highest BCUT2D eigenvalue weighted by Crippen LogP contribution is 2.39. The van der Waals surface area contributed by atoms with E-state index in [-0.39, 0.29) is 5.75 Å². The van der Waals surface area contributed by atoms with Gasteiger partial charge in [0.15, 0.2) is 5.82 Å². The van der Waals surface area contributed by atoms with Gasteiger partial charge in [0.1, 0.15) is 17.6 Å². The van der Waals surface area contributed by atoms with Gasteiger partial charge in [-0.15, -0.1) is 0 Å². The molecule has 5 heteroatoms. The second-order valence-electron chi connectivity index (χ2n) is 5.91. The standard InChI is InChI=1S/C17H18N4O/c18-17-16-15(19-10-20-17)14(11-3-1-2-4-11)9-21(16)12-5-7-13(22)8-6-12/h5-11,22H,1-4H2,(H2,18,19,20). The Balaban J connectivity index is 1.95. The van der Waals surface area contributed by atoms with Crippen LogP contribution >= 0.6 is 0 Å². The van der Waals surface area contributed by atoms with Crippen LogP contribution in [0.3, 0.4) is 0 Å². The maximum atomic E-state index is 9.49. The Kier molecular flexibility index (Phi) is 2.99. The van der Waals surface area contributed by atoms with Crippen molar-refractivity contribution in [2.75, 3.05) is 5.73 Å². The zero-order valence-corrected chi connectivity index (χ0v) is 12.2. The number of rotatable bonds is 2. The van der Waals surface area contributed by atoms with E-state index in [0.717, 1.165) is 16.7 Å². The third kappa shape index (κ3) is 2.01. The molecule has 0 radical (unpaired) electrons. The number of phenolic OH excluding ortho intramolecular Hbond substituents is 1. The van der Waals surface area contributed by atoms with E-state index in [1.165, 1.54) is 37.6 Å². The van der Waals surface area contributed by atoms with E-state index in [2.05, 4.69) is 16.2 Å². The second-order valence-corrected chi connectivity index (χ2v) is 5.91. The molecule has 0 aliphatic heterocycles. The highest BCUT2D eigenvalue weighted by Gasteiger charge is 2.24. The lowest BCUT2D eigenvalue weighted by atomic mass is 10.00. The van der Waals surface area contributed by atoms with E-state index in [1.54, 1.807) is 12.1 Å². The van der Waals surface area contributed by atoms with E-state index < -0.39 is 0 Å². The average molecular weight is 294 g/mol. The van der Waals surface area contributed by atoms with Gasteiger partial charge < -0.3 is 15.4 Å². The summed E-state index contributed by atoms with van der Waals surface area (Å²) < 4.78 is 2.04. The van der Waals surface area contributed by atoms with Gasteiger partial charge in [-0.25, -0.2) is 9.97 Å². The first-order chi connectivity index (χ1) is 10.7. The lowest BCUT2D eigenvalue weighted by Gasteiger charge is -2.06. The molecule has 0 bridgehead atoms. The van der Waals surface area contributed by atoms with Crippen LogP contribution in [0.15, 0.2) is 36.8 Å². The van der Waals surface area contributed by atoms with Crippen LogP contribution in [0.1, 0.15) is 37.2 Å². The Bertz CT molecular complexity index is 817. The smallest absolute Gasteiger partial charge is 0.151 e. The first-order valence-corrected chi connectivity index (χ1v) is 7.65. The number of hydrogen-bond donors (Lipinski definition) is 2. The SMILES string of the molecule is Nc1ncnc2c(C3CCCC3)cn(-c3ccc(O)cc3)c12. The molecule has 5 nitrogen and oxygen atoms in total. The fourth-order valence-electron chi connectivity index (χ4n) is 3.46. The summed E-state index contributed by atoms with van der Waals surface area (Å²) in [5.41, 5.74) is 10.1. The Morgan fingerprint density at radius 1 is 1.09 bits per heavy atom. The molecule has 3 aromatic rings. The van der Waals surface area contributed by atoms with E-state index in [4.69, 9.17) is 5.73 Å². The zero-order chi connectivity index (χ0) is 15.1. The summed E-state index contributed by atoms with van der Waals surface area (Å²) in [5, 5.41) is 9.49. The molecule has 1 saturated carbocycles. The van der Waals surface area contributed by atoms with Crippen LogP contribution in [0.25, 0.3) is 16.7 Å². The monoisotopic (exact) mass is 294 g/mol. The first kappa shape index (κ1) is 13.1. The van der Waals surface area contributed by atoms with Crippen LogP contribution in [0.2, 0.25) is 0 Å². The minimum Gasteiger partial charge on any atom is -0.508 e. The molecule has 0 unspecified atom stereocenters. The molecule has 0 atom stereocenters. The van der Waals surface area contributed by atoms with Gasteiger partial charge in [-0.3, -0.25) is 0 Å². The zero-order valence-electron chi connectivity index (χ0n) is 12.2. The van der Waals surface area contributed by atoms with Crippen molar-refractivity contribution in [2.24, 2.45) is 0 Å². The van der Waals surface area contributed by atoms with Crippen LogP contribution in [-0.4, -0.2) is 19.6 Å². The fourth-order valence-corrected chi connectivity index (χ4v) is 3.46. The van der Waals surface area contributed by atoms with E-state index in [9.17, 15) is 5.11 Å². The predicted octanol–water partition coefficient (Wildman–Crippen LogP) is 3.37. The summed E-state index contributed by atoms with van der Waals surface area (Å²) in [7, 11) is 0. The van der Waals surface area contributed by atoms with E-state index >= 15 is 0 Å². The Morgan fingerprint density at radius 3 is 2.55 bits per heavy atom. The summed E-state index contributed by atoms with van der Waals surface area (Å²) >= 11 is 0. The van der Waals surface area contributed by atoms with Crippen molar-refractivity contribution in [3.63, 3.8) is 0 Å². The van der Waals surface area contributed by atoms with Crippen LogP contribution in [0.5, 0.6) is 5.75 Å². The molecule has 1 aliphatic carbocycles. The van der Waals surface area contributed by atoms with Gasteiger partial charge >= 0.3 is 0 Å². The van der Waals surface area contributed by atoms with Gasteiger partial charge in [0.05, 0.1) is 5.52 Å². The van der Waals surface area contributed by atoms with Crippen molar-refractivity contribution in [3.05, 3.63) is 42.4 Å². The number of aromatic nitrogens is 3. The summed E-state index contributed by atoms with van der Waals surface area (Å²) in [4.78, 5) is 8.64. The molecule has 1 aromatic carbocycles. The Labute approximate surface area is 128 Å². The summed E-state index contributed by atoms with van der Waals surface area (Å²) in [5.74, 6) is 1.29. The third-order valence-electron chi connectivity index (χ3n) is 4.56. The predicted molar refractivity (Wildman–Crippen MR) is 86.2 cm³/mol. The second kappa shape index (κ2) is 5.02. The van der Waals surface area contributed by atoms with Crippen molar-refractivity contribution in [1.82, 2.24) is 14.5 Å². The van der Waals surface area contributed by atoms with Gasteiger partial charge in [-0.05, 0) is 48.6 Å². The van der Waals surface area contributed by atoms with Crippen molar-refractivity contribution < 1.29 is 5.11 Å². The number of nitrogens with zero attached hydrogens (tertiary/aromatic N) is 3. The lowest BCUT2D eigenvalue weighted by molar-refractivity contribution is 0.475. The number of phenols is 1. The number of nitrogen functional groups attached to an aromatic ring is 1.